The minimum Gasteiger partial charge on any atom is -0.457 e. The molecule has 1 aliphatic carbocycles. The van der Waals surface area contributed by atoms with Gasteiger partial charge in [0.2, 0.25) is 0 Å². The molecule has 0 aromatic carbocycles. The molecule has 8 nitrogen and oxygen atoms in total. The van der Waals surface area contributed by atoms with Crippen molar-refractivity contribution in [1.29, 1.82) is 0 Å². The number of carbonyl (C=O) groups is 2. The molecule has 0 amide bonds. The van der Waals surface area contributed by atoms with Gasteiger partial charge in [-0.25, -0.2) is 9.59 Å². The van der Waals surface area contributed by atoms with Gasteiger partial charge >= 0.3 is 11.9 Å². The average molecular weight is 400 g/mol. The maximum atomic E-state index is 11.9. The van der Waals surface area contributed by atoms with Gasteiger partial charge in [-0.1, -0.05) is 13.3 Å². The number of fused-ring (bicyclic) bond motifs is 1. The lowest BCUT2D eigenvalue weighted by atomic mass is 9.88. The quantitative estimate of drug-likeness (QED) is 0.372. The second kappa shape index (κ2) is 10.0. The first-order valence-corrected chi connectivity index (χ1v) is 10.4. The van der Waals surface area contributed by atoms with Crippen LogP contribution >= 0.6 is 0 Å². The highest BCUT2D eigenvalue weighted by atomic mass is 16.7. The first kappa shape index (κ1) is 21.5. The van der Waals surface area contributed by atoms with E-state index in [4.69, 9.17) is 23.7 Å². The Morgan fingerprint density at radius 1 is 1.11 bits per heavy atom. The number of rotatable bonds is 8. The molecule has 3 aliphatic rings. The van der Waals surface area contributed by atoms with Gasteiger partial charge in [0.1, 0.15) is 6.10 Å². The maximum Gasteiger partial charge on any atom is 0.417 e. The summed E-state index contributed by atoms with van der Waals surface area (Å²) in [6, 6.07) is 0. The summed E-state index contributed by atoms with van der Waals surface area (Å²) in [7, 11) is 0. The number of epoxide rings is 1. The predicted molar refractivity (Wildman–Crippen MR) is 97.2 cm³/mol. The van der Waals surface area contributed by atoms with Crippen molar-refractivity contribution in [3.8, 4) is 0 Å². The Kier molecular flexibility index (Phi) is 7.68. The molecule has 8 heteroatoms. The number of aliphatic hydroxyl groups excluding tert-OH is 1. The molecule has 1 saturated carbocycles. The molecule has 0 radical (unpaired) electrons. The molecule has 0 spiro atoms. The van der Waals surface area contributed by atoms with Gasteiger partial charge in [-0.15, -0.1) is 0 Å². The van der Waals surface area contributed by atoms with Crippen molar-refractivity contribution in [2.24, 2.45) is 11.8 Å². The molecular weight excluding hydrogens is 368 g/mol. The highest BCUT2D eigenvalue weighted by molar-refractivity contribution is 6.29. The van der Waals surface area contributed by atoms with Crippen molar-refractivity contribution in [3.63, 3.8) is 0 Å². The van der Waals surface area contributed by atoms with E-state index in [0.717, 1.165) is 32.1 Å². The van der Waals surface area contributed by atoms with Gasteiger partial charge in [-0.05, 0) is 44.9 Å². The summed E-state index contributed by atoms with van der Waals surface area (Å²) in [4.78, 5) is 23.8. The van der Waals surface area contributed by atoms with E-state index >= 15 is 0 Å². The Bertz CT molecular complexity index is 528. The van der Waals surface area contributed by atoms with Gasteiger partial charge in [-0.3, -0.25) is 0 Å². The lowest BCUT2D eigenvalue weighted by molar-refractivity contribution is -0.246. The second-order valence-electron chi connectivity index (χ2n) is 8.15. The van der Waals surface area contributed by atoms with Crippen LogP contribution in [0.2, 0.25) is 0 Å². The van der Waals surface area contributed by atoms with Crippen LogP contribution in [0.25, 0.3) is 0 Å². The zero-order valence-corrected chi connectivity index (χ0v) is 16.7. The molecular formula is C20H32O8. The van der Waals surface area contributed by atoms with E-state index in [1.165, 1.54) is 0 Å². The number of esters is 2. The summed E-state index contributed by atoms with van der Waals surface area (Å²) < 4.78 is 27.2. The Morgan fingerprint density at radius 2 is 1.86 bits per heavy atom. The van der Waals surface area contributed by atoms with Gasteiger partial charge in [0.05, 0.1) is 38.1 Å². The van der Waals surface area contributed by atoms with Gasteiger partial charge < -0.3 is 28.8 Å². The monoisotopic (exact) mass is 400 g/mol. The molecule has 3 rings (SSSR count). The smallest absolute Gasteiger partial charge is 0.417 e. The van der Waals surface area contributed by atoms with E-state index in [0.29, 0.717) is 24.5 Å². The van der Waals surface area contributed by atoms with Crippen LogP contribution in [-0.4, -0.2) is 67.6 Å². The van der Waals surface area contributed by atoms with Crippen LogP contribution in [0.4, 0.5) is 0 Å². The summed E-state index contributed by atoms with van der Waals surface area (Å²) in [6.07, 6.45) is 4.64. The molecule has 2 heterocycles. The van der Waals surface area contributed by atoms with Gasteiger partial charge in [0.25, 0.3) is 0 Å². The van der Waals surface area contributed by atoms with E-state index < -0.39 is 24.1 Å². The molecule has 160 valence electrons. The van der Waals surface area contributed by atoms with E-state index in [-0.39, 0.29) is 32.0 Å². The lowest BCUT2D eigenvalue weighted by Crippen LogP contribution is -2.43. The van der Waals surface area contributed by atoms with Crippen LogP contribution in [0.1, 0.15) is 52.4 Å². The Hall–Kier alpha value is -1.22. The average Bonchev–Trinajstić information content (AvgIpc) is 3.47. The third-order valence-corrected chi connectivity index (χ3v) is 5.78. The van der Waals surface area contributed by atoms with E-state index in [1.807, 2.05) is 6.92 Å². The third kappa shape index (κ3) is 6.14. The van der Waals surface area contributed by atoms with Crippen molar-refractivity contribution in [3.05, 3.63) is 0 Å². The molecule has 0 aromatic heterocycles. The van der Waals surface area contributed by atoms with Crippen molar-refractivity contribution in [2.75, 3.05) is 19.8 Å². The van der Waals surface area contributed by atoms with Crippen LogP contribution in [0.5, 0.6) is 0 Å². The molecule has 2 aliphatic heterocycles. The summed E-state index contributed by atoms with van der Waals surface area (Å²) >= 11 is 0. The predicted octanol–water partition coefficient (Wildman–Crippen LogP) is 1.57. The SMILES string of the molecule is CCC(CCC(C)O)COC(=O)C(=O)OC1COC(C2CCC3OC3C2)OC1. The standard InChI is InChI=1S/C20H32O8/c1-3-13(5-4-12(2)21)9-24-18(22)19(23)27-15-10-25-20(26-11-15)14-6-7-16-17(8-14)28-16/h12-17,20-21H,3-11H2,1-2H3. The fourth-order valence-electron chi connectivity index (χ4n) is 3.86. The fourth-order valence-corrected chi connectivity index (χ4v) is 3.86. The molecule has 5 atom stereocenters. The number of hydrogen-bond acceptors (Lipinski definition) is 8. The molecule has 3 fully saturated rings. The molecule has 0 aromatic rings. The maximum absolute atomic E-state index is 11.9. The van der Waals surface area contributed by atoms with Crippen molar-refractivity contribution in [1.82, 2.24) is 0 Å². The Morgan fingerprint density at radius 3 is 2.50 bits per heavy atom. The van der Waals surface area contributed by atoms with Crippen LogP contribution in [-0.2, 0) is 33.3 Å². The van der Waals surface area contributed by atoms with Gasteiger partial charge in [0.15, 0.2) is 6.29 Å². The zero-order valence-electron chi connectivity index (χ0n) is 16.7. The minimum atomic E-state index is -1.02. The highest BCUT2D eigenvalue weighted by Crippen LogP contribution is 2.41. The van der Waals surface area contributed by atoms with Gasteiger partial charge in [-0.2, -0.15) is 0 Å². The Labute approximate surface area is 165 Å². The van der Waals surface area contributed by atoms with E-state index in [2.05, 4.69) is 0 Å². The molecule has 0 bridgehead atoms. The van der Waals surface area contributed by atoms with Crippen molar-refractivity contribution < 1.29 is 38.4 Å². The topological polar surface area (TPSA) is 104 Å². The normalized spacial score (nSPS) is 34.0. The highest BCUT2D eigenvalue weighted by Gasteiger charge is 2.47. The minimum absolute atomic E-state index is 0.110. The zero-order chi connectivity index (χ0) is 20.1. The largest absolute Gasteiger partial charge is 0.457 e. The fraction of sp³-hybridized carbons (Fsp3) is 0.900. The summed E-state index contributed by atoms with van der Waals surface area (Å²) in [5, 5.41) is 9.35. The van der Waals surface area contributed by atoms with E-state index in [9.17, 15) is 14.7 Å². The number of carbonyl (C=O) groups excluding carboxylic acids is 2. The van der Waals surface area contributed by atoms with Crippen LogP contribution < -0.4 is 0 Å². The summed E-state index contributed by atoms with van der Waals surface area (Å²) in [6.45, 7) is 4.26. The Balaban J connectivity index is 1.32. The third-order valence-electron chi connectivity index (χ3n) is 5.78. The number of ether oxygens (including phenoxy) is 5. The second-order valence-corrected chi connectivity index (χ2v) is 8.15. The summed E-state index contributed by atoms with van der Waals surface area (Å²) in [5.74, 6) is -1.60. The lowest BCUT2D eigenvalue weighted by Gasteiger charge is -2.34. The van der Waals surface area contributed by atoms with Crippen LogP contribution in [0.3, 0.4) is 0 Å². The molecule has 2 saturated heterocycles. The number of hydrogen-bond donors (Lipinski definition) is 1. The first-order chi connectivity index (χ1) is 13.5. The molecule has 5 unspecified atom stereocenters. The van der Waals surface area contributed by atoms with E-state index in [1.54, 1.807) is 6.92 Å². The summed E-state index contributed by atoms with van der Waals surface area (Å²) in [5.41, 5.74) is 0. The number of aliphatic hydroxyl groups is 1. The van der Waals surface area contributed by atoms with Crippen LogP contribution in [0.15, 0.2) is 0 Å². The van der Waals surface area contributed by atoms with Gasteiger partial charge in [0, 0.05) is 5.92 Å². The van der Waals surface area contributed by atoms with Crippen molar-refractivity contribution in [2.45, 2.75) is 83.1 Å². The molecule has 28 heavy (non-hydrogen) atoms. The first-order valence-electron chi connectivity index (χ1n) is 10.4. The van der Waals surface area contributed by atoms with Crippen molar-refractivity contribution >= 4 is 11.9 Å². The molecule has 1 N–H and O–H groups in total. The van der Waals surface area contributed by atoms with Crippen LogP contribution in [0, 0.1) is 11.8 Å².